The zero-order valence-electron chi connectivity index (χ0n) is 9.71. The largest absolute Gasteiger partial charge is 0.467 e. The molecule has 0 aliphatic heterocycles. The van der Waals surface area contributed by atoms with E-state index in [0.717, 1.165) is 16.6 Å². The number of ether oxygens (including phenoxy) is 1. The topological polar surface area (TPSA) is 89.7 Å². The number of rotatable bonds is 2. The van der Waals surface area contributed by atoms with Crippen LogP contribution in [0.1, 0.15) is 0 Å². The van der Waals surface area contributed by atoms with Crippen LogP contribution >= 0.6 is 0 Å². The maximum Gasteiger partial charge on any atom is 0.320 e. The first kappa shape index (κ1) is 10.5. The Hall–Kier alpha value is -2.63. The molecule has 6 nitrogen and oxygen atoms in total. The Labute approximate surface area is 103 Å². The Balaban J connectivity index is 2.27. The van der Waals surface area contributed by atoms with Gasteiger partial charge in [-0.1, -0.05) is 6.07 Å². The molecule has 6 heteroatoms. The summed E-state index contributed by atoms with van der Waals surface area (Å²) in [5.41, 5.74) is 8.28. The highest BCUT2D eigenvalue weighted by atomic mass is 16.5. The molecule has 0 aromatic carbocycles. The van der Waals surface area contributed by atoms with Gasteiger partial charge in [-0.3, -0.25) is 4.98 Å². The van der Waals surface area contributed by atoms with Crippen LogP contribution in [0.15, 0.2) is 30.6 Å². The van der Waals surface area contributed by atoms with E-state index in [0.29, 0.717) is 11.5 Å². The first-order valence-electron chi connectivity index (χ1n) is 5.39. The summed E-state index contributed by atoms with van der Waals surface area (Å²) in [6.07, 6.45) is 3.55. The third-order valence-electron chi connectivity index (χ3n) is 2.66. The summed E-state index contributed by atoms with van der Waals surface area (Å²) in [5.74, 6) is 0.374. The summed E-state index contributed by atoms with van der Waals surface area (Å²) in [6.45, 7) is 0. The summed E-state index contributed by atoms with van der Waals surface area (Å²) in [4.78, 5) is 15.6. The average molecular weight is 241 g/mol. The van der Waals surface area contributed by atoms with Crippen molar-refractivity contribution in [2.24, 2.45) is 0 Å². The van der Waals surface area contributed by atoms with E-state index in [-0.39, 0.29) is 6.01 Å². The van der Waals surface area contributed by atoms with E-state index in [1.165, 1.54) is 7.11 Å². The van der Waals surface area contributed by atoms with Gasteiger partial charge in [0, 0.05) is 18.0 Å². The van der Waals surface area contributed by atoms with Crippen LogP contribution in [0, 0.1) is 0 Å². The summed E-state index contributed by atoms with van der Waals surface area (Å²) in [5, 5.41) is 0.759. The highest BCUT2D eigenvalue weighted by Gasteiger charge is 2.13. The SMILES string of the molecule is COc1nc(N)c2c(-c3ccccn3)c[nH]c2n1. The molecular formula is C12H11N5O. The van der Waals surface area contributed by atoms with Crippen LogP contribution in [0.4, 0.5) is 5.82 Å². The number of H-pyrrole nitrogens is 1. The molecular weight excluding hydrogens is 230 g/mol. The van der Waals surface area contributed by atoms with Gasteiger partial charge in [0.15, 0.2) is 0 Å². The number of hydrogen-bond donors (Lipinski definition) is 2. The van der Waals surface area contributed by atoms with E-state index >= 15 is 0 Å². The molecule has 0 atom stereocenters. The first-order valence-corrected chi connectivity index (χ1v) is 5.39. The van der Waals surface area contributed by atoms with Crippen molar-refractivity contribution in [2.75, 3.05) is 12.8 Å². The first-order chi connectivity index (χ1) is 8.79. The fourth-order valence-corrected chi connectivity index (χ4v) is 1.85. The molecule has 0 radical (unpaired) electrons. The Morgan fingerprint density at radius 2 is 2.17 bits per heavy atom. The number of aromatic amines is 1. The molecule has 0 bridgehead atoms. The van der Waals surface area contributed by atoms with E-state index in [1.54, 1.807) is 6.20 Å². The van der Waals surface area contributed by atoms with E-state index in [4.69, 9.17) is 10.5 Å². The molecule has 3 aromatic heterocycles. The fourth-order valence-electron chi connectivity index (χ4n) is 1.85. The van der Waals surface area contributed by atoms with Crippen molar-refractivity contribution < 1.29 is 4.74 Å². The molecule has 90 valence electrons. The van der Waals surface area contributed by atoms with Gasteiger partial charge in [0.1, 0.15) is 11.5 Å². The van der Waals surface area contributed by atoms with Gasteiger partial charge in [-0.15, -0.1) is 0 Å². The molecule has 3 rings (SSSR count). The predicted molar refractivity (Wildman–Crippen MR) is 68.1 cm³/mol. The van der Waals surface area contributed by atoms with E-state index in [2.05, 4.69) is 19.9 Å². The normalized spacial score (nSPS) is 10.7. The van der Waals surface area contributed by atoms with E-state index in [1.807, 2.05) is 24.4 Å². The Morgan fingerprint density at radius 1 is 1.28 bits per heavy atom. The van der Waals surface area contributed by atoms with Crippen molar-refractivity contribution in [3.63, 3.8) is 0 Å². The van der Waals surface area contributed by atoms with Crippen LogP contribution < -0.4 is 10.5 Å². The molecule has 0 spiro atoms. The van der Waals surface area contributed by atoms with Gasteiger partial charge in [-0.05, 0) is 12.1 Å². The second-order valence-corrected chi connectivity index (χ2v) is 3.74. The molecule has 3 heterocycles. The van der Waals surface area contributed by atoms with Crippen molar-refractivity contribution in [1.82, 2.24) is 19.9 Å². The minimum Gasteiger partial charge on any atom is -0.467 e. The maximum absolute atomic E-state index is 5.94. The number of nitrogens with one attached hydrogen (secondary N) is 1. The summed E-state index contributed by atoms with van der Waals surface area (Å²) in [7, 11) is 1.50. The van der Waals surface area contributed by atoms with Gasteiger partial charge in [0.05, 0.1) is 18.2 Å². The number of pyridine rings is 1. The van der Waals surface area contributed by atoms with Gasteiger partial charge < -0.3 is 15.5 Å². The molecule has 0 fully saturated rings. The van der Waals surface area contributed by atoms with Gasteiger partial charge in [-0.2, -0.15) is 9.97 Å². The Bertz CT molecular complexity index is 692. The van der Waals surface area contributed by atoms with Crippen molar-refractivity contribution in [1.29, 1.82) is 0 Å². The van der Waals surface area contributed by atoms with Crippen molar-refractivity contribution in [2.45, 2.75) is 0 Å². The summed E-state index contributed by atoms with van der Waals surface area (Å²) in [6, 6.07) is 5.93. The number of anilines is 1. The van der Waals surface area contributed by atoms with E-state index in [9.17, 15) is 0 Å². The molecule has 3 aromatic rings. The zero-order valence-corrected chi connectivity index (χ0v) is 9.71. The molecule has 0 aliphatic carbocycles. The van der Waals surface area contributed by atoms with Crippen LogP contribution in [0.2, 0.25) is 0 Å². The van der Waals surface area contributed by atoms with Gasteiger partial charge >= 0.3 is 6.01 Å². The van der Waals surface area contributed by atoms with Gasteiger partial charge in [-0.25, -0.2) is 0 Å². The number of nitrogen functional groups attached to an aromatic ring is 1. The quantitative estimate of drug-likeness (QED) is 0.711. The maximum atomic E-state index is 5.94. The smallest absolute Gasteiger partial charge is 0.320 e. The van der Waals surface area contributed by atoms with Crippen LogP contribution in [0.3, 0.4) is 0 Å². The summed E-state index contributed by atoms with van der Waals surface area (Å²) < 4.78 is 4.98. The molecule has 0 amide bonds. The Kier molecular flexibility index (Phi) is 2.33. The van der Waals surface area contributed by atoms with Gasteiger partial charge in [0.2, 0.25) is 0 Å². The fraction of sp³-hybridized carbons (Fsp3) is 0.0833. The second-order valence-electron chi connectivity index (χ2n) is 3.74. The van der Waals surface area contributed by atoms with Crippen molar-refractivity contribution in [3.8, 4) is 17.3 Å². The number of nitrogens with zero attached hydrogens (tertiary/aromatic N) is 3. The molecule has 18 heavy (non-hydrogen) atoms. The van der Waals surface area contributed by atoms with Crippen molar-refractivity contribution in [3.05, 3.63) is 30.6 Å². The Morgan fingerprint density at radius 3 is 2.89 bits per heavy atom. The molecule has 0 unspecified atom stereocenters. The molecule has 3 N–H and O–H groups in total. The van der Waals surface area contributed by atoms with Gasteiger partial charge in [0.25, 0.3) is 0 Å². The van der Waals surface area contributed by atoms with Crippen LogP contribution in [0.5, 0.6) is 6.01 Å². The number of methoxy groups -OCH3 is 1. The number of fused-ring (bicyclic) bond motifs is 1. The molecule has 0 aliphatic rings. The van der Waals surface area contributed by atoms with Crippen LogP contribution in [-0.4, -0.2) is 27.0 Å². The summed E-state index contributed by atoms with van der Waals surface area (Å²) >= 11 is 0. The van der Waals surface area contributed by atoms with E-state index < -0.39 is 0 Å². The lowest BCUT2D eigenvalue weighted by molar-refractivity contribution is 0.382. The molecule has 0 saturated carbocycles. The third kappa shape index (κ3) is 1.55. The highest BCUT2D eigenvalue weighted by Crippen LogP contribution is 2.30. The minimum atomic E-state index is 0.245. The van der Waals surface area contributed by atoms with Crippen LogP contribution in [0.25, 0.3) is 22.3 Å². The third-order valence-corrected chi connectivity index (χ3v) is 2.66. The predicted octanol–water partition coefficient (Wildman–Crippen LogP) is 1.61. The number of nitrogens with two attached hydrogens (primary N) is 1. The van der Waals surface area contributed by atoms with Crippen molar-refractivity contribution >= 4 is 16.9 Å². The standard InChI is InChI=1S/C12H11N5O/c1-18-12-16-10(13)9-7(6-15-11(9)17-12)8-4-2-3-5-14-8/h2-6H,1H3,(H3,13,15,16,17). The lowest BCUT2D eigenvalue weighted by Crippen LogP contribution is -1.98. The zero-order chi connectivity index (χ0) is 12.5. The monoisotopic (exact) mass is 241 g/mol. The lowest BCUT2D eigenvalue weighted by atomic mass is 10.1. The highest BCUT2D eigenvalue weighted by molar-refractivity contribution is 5.99. The van der Waals surface area contributed by atoms with Crippen LogP contribution in [-0.2, 0) is 0 Å². The minimum absolute atomic E-state index is 0.245. The average Bonchev–Trinajstić information content (AvgIpc) is 2.84. The lowest BCUT2D eigenvalue weighted by Gasteiger charge is -2.02. The number of aromatic nitrogens is 4. The number of hydrogen-bond acceptors (Lipinski definition) is 5. The second kappa shape index (κ2) is 3.99. The molecule has 0 saturated heterocycles.